The molecule has 1 amide bonds. The Bertz CT molecular complexity index is 1380. The summed E-state index contributed by atoms with van der Waals surface area (Å²) in [6.45, 7) is 3.22. The second-order valence-corrected chi connectivity index (χ2v) is 9.69. The lowest BCUT2D eigenvalue weighted by molar-refractivity contribution is 0.0791. The number of hydrogen-bond donors (Lipinski definition) is 1. The maximum absolute atomic E-state index is 13.0. The van der Waals surface area contributed by atoms with Gasteiger partial charge in [0.1, 0.15) is 0 Å². The molecule has 2 atom stereocenters. The average molecular weight is 461 g/mol. The van der Waals surface area contributed by atoms with E-state index in [9.17, 15) is 9.00 Å². The number of carbonyl (C=O) groups excluding carboxylic acids is 1. The Hall–Kier alpha value is -3.43. The maximum atomic E-state index is 13.0. The van der Waals surface area contributed by atoms with Gasteiger partial charge < -0.3 is 10.6 Å². The number of hydrogen-bond acceptors (Lipinski definition) is 6. The third-order valence-electron chi connectivity index (χ3n) is 5.90. The lowest BCUT2D eigenvalue weighted by atomic mass is 10.1. The largest absolute Gasteiger partial charge is 0.337 e. The molecule has 2 N–H and O–H groups in total. The smallest absolute Gasteiger partial charge is 0.253 e. The number of pyridine rings is 1. The van der Waals surface area contributed by atoms with Gasteiger partial charge in [-0.05, 0) is 43.2 Å². The highest BCUT2D eigenvalue weighted by Gasteiger charge is 2.25. The number of carbonyl (C=O) groups is 1. The van der Waals surface area contributed by atoms with E-state index >= 15 is 0 Å². The van der Waals surface area contributed by atoms with Crippen molar-refractivity contribution >= 4 is 27.6 Å². The molecule has 0 bridgehead atoms. The molecule has 8 nitrogen and oxygen atoms in total. The molecule has 168 valence electrons. The van der Waals surface area contributed by atoms with Crippen LogP contribution in [0.5, 0.6) is 0 Å². The number of aryl methyl sites for hydroxylation is 1. The van der Waals surface area contributed by atoms with E-state index in [0.29, 0.717) is 29.5 Å². The SMILES string of the molecule is Cc1ccnc(-c2cnc(-n3cc(S(C)=O)c4ccc(C(=O)N5CC[C@@H](N)C5)cc43)nc2)c1. The topological polar surface area (TPSA) is 107 Å². The summed E-state index contributed by atoms with van der Waals surface area (Å²) >= 11 is 0. The molecule has 1 aromatic carbocycles. The van der Waals surface area contributed by atoms with Crippen molar-refractivity contribution < 1.29 is 9.00 Å². The van der Waals surface area contributed by atoms with Gasteiger partial charge >= 0.3 is 0 Å². The first-order valence-corrected chi connectivity index (χ1v) is 12.3. The van der Waals surface area contributed by atoms with Crippen LogP contribution in [0.25, 0.3) is 28.1 Å². The normalized spacial score (nSPS) is 16.9. The van der Waals surface area contributed by atoms with E-state index in [0.717, 1.165) is 34.1 Å². The molecular weight excluding hydrogens is 436 g/mol. The van der Waals surface area contributed by atoms with E-state index in [1.54, 1.807) is 46.6 Å². The lowest BCUT2D eigenvalue weighted by Crippen LogP contribution is -2.31. The third-order valence-corrected chi connectivity index (χ3v) is 6.85. The zero-order valence-electron chi connectivity index (χ0n) is 18.4. The fourth-order valence-corrected chi connectivity index (χ4v) is 4.89. The van der Waals surface area contributed by atoms with Gasteiger partial charge in [0, 0.05) is 66.7 Å². The number of aromatic nitrogens is 4. The fraction of sp³-hybridized carbons (Fsp3) is 0.250. The number of likely N-dealkylation sites (tertiary alicyclic amines) is 1. The van der Waals surface area contributed by atoms with E-state index in [1.807, 2.05) is 31.2 Å². The summed E-state index contributed by atoms with van der Waals surface area (Å²) in [4.78, 5) is 28.9. The molecule has 1 unspecified atom stereocenters. The molecule has 9 heteroatoms. The van der Waals surface area contributed by atoms with E-state index in [1.165, 1.54) is 0 Å². The summed E-state index contributed by atoms with van der Waals surface area (Å²) in [6, 6.07) is 9.37. The minimum Gasteiger partial charge on any atom is -0.337 e. The fourth-order valence-electron chi connectivity index (χ4n) is 4.15. The summed E-state index contributed by atoms with van der Waals surface area (Å²) in [5.41, 5.74) is 9.98. The van der Waals surface area contributed by atoms with Crippen LogP contribution in [0.4, 0.5) is 0 Å². The number of nitrogens with zero attached hydrogens (tertiary/aromatic N) is 5. The highest BCUT2D eigenvalue weighted by atomic mass is 32.2. The van der Waals surface area contributed by atoms with E-state index < -0.39 is 10.8 Å². The number of benzene rings is 1. The summed E-state index contributed by atoms with van der Waals surface area (Å²) in [5, 5.41) is 0.804. The zero-order valence-corrected chi connectivity index (χ0v) is 19.2. The first-order chi connectivity index (χ1) is 15.9. The second kappa shape index (κ2) is 8.49. The van der Waals surface area contributed by atoms with Crippen molar-refractivity contribution in [3.05, 3.63) is 66.2 Å². The monoisotopic (exact) mass is 460 g/mol. The zero-order chi connectivity index (χ0) is 23.1. The molecule has 1 aliphatic heterocycles. The predicted octanol–water partition coefficient (Wildman–Crippen LogP) is 2.70. The molecule has 3 aromatic heterocycles. The van der Waals surface area contributed by atoms with Crippen molar-refractivity contribution in [3.8, 4) is 17.2 Å². The van der Waals surface area contributed by atoms with Gasteiger partial charge in [0.25, 0.3) is 5.91 Å². The number of nitrogens with two attached hydrogens (primary N) is 1. The Morgan fingerprint density at radius 1 is 1.15 bits per heavy atom. The van der Waals surface area contributed by atoms with E-state index in [4.69, 9.17) is 5.73 Å². The number of amides is 1. The molecule has 0 spiro atoms. The molecule has 33 heavy (non-hydrogen) atoms. The highest BCUT2D eigenvalue weighted by Crippen LogP contribution is 2.28. The minimum absolute atomic E-state index is 0.0189. The van der Waals surface area contributed by atoms with E-state index in [-0.39, 0.29) is 11.9 Å². The molecule has 0 aliphatic carbocycles. The Balaban J connectivity index is 1.56. The van der Waals surface area contributed by atoms with Gasteiger partial charge in [-0.15, -0.1) is 0 Å². The van der Waals surface area contributed by atoms with Gasteiger partial charge in [0.2, 0.25) is 5.95 Å². The van der Waals surface area contributed by atoms with Crippen LogP contribution in [-0.2, 0) is 10.8 Å². The van der Waals surface area contributed by atoms with Crippen LogP contribution in [0.2, 0.25) is 0 Å². The molecule has 0 radical (unpaired) electrons. The third kappa shape index (κ3) is 4.05. The Kier molecular flexibility index (Phi) is 5.51. The van der Waals surface area contributed by atoms with Crippen molar-refractivity contribution in [2.24, 2.45) is 5.73 Å². The van der Waals surface area contributed by atoms with Gasteiger partial charge in [-0.2, -0.15) is 0 Å². The molecular formula is C24H24N6O2S. The van der Waals surface area contributed by atoms with Crippen LogP contribution in [0.1, 0.15) is 22.3 Å². The molecule has 4 aromatic rings. The van der Waals surface area contributed by atoms with Crippen molar-refractivity contribution in [2.45, 2.75) is 24.3 Å². The Morgan fingerprint density at radius 3 is 2.61 bits per heavy atom. The molecule has 1 saturated heterocycles. The summed E-state index contributed by atoms with van der Waals surface area (Å²) in [5.74, 6) is 0.374. The first kappa shape index (κ1) is 21.4. The second-order valence-electron chi connectivity index (χ2n) is 8.34. The van der Waals surface area contributed by atoms with Gasteiger partial charge in [0.15, 0.2) is 0 Å². The van der Waals surface area contributed by atoms with Crippen LogP contribution in [0, 0.1) is 6.92 Å². The van der Waals surface area contributed by atoms with Gasteiger partial charge in [0.05, 0.1) is 26.9 Å². The van der Waals surface area contributed by atoms with Gasteiger partial charge in [-0.3, -0.25) is 18.6 Å². The van der Waals surface area contributed by atoms with Gasteiger partial charge in [-0.25, -0.2) is 9.97 Å². The van der Waals surface area contributed by atoms with Crippen molar-refractivity contribution in [1.82, 2.24) is 24.4 Å². The summed E-state index contributed by atoms with van der Waals surface area (Å²) in [6.07, 6.45) is 9.42. The highest BCUT2D eigenvalue weighted by molar-refractivity contribution is 7.84. The predicted molar refractivity (Wildman–Crippen MR) is 128 cm³/mol. The van der Waals surface area contributed by atoms with Crippen LogP contribution >= 0.6 is 0 Å². The molecule has 4 heterocycles. The first-order valence-electron chi connectivity index (χ1n) is 10.7. The quantitative estimate of drug-likeness (QED) is 0.502. The molecule has 1 aliphatic rings. The standard InChI is InChI=1S/C24H24N6O2S/c1-15-5-7-26-20(9-15)17-11-27-24(28-12-17)30-14-22(33(2)32)19-4-3-16(10-21(19)30)23(31)29-8-6-18(25)13-29/h3-5,7,9-12,14,18H,6,8,13,25H2,1-2H3/t18-,33?/m1/s1. The molecule has 1 fully saturated rings. The summed E-state index contributed by atoms with van der Waals surface area (Å²) < 4.78 is 14.2. The van der Waals surface area contributed by atoms with Crippen LogP contribution in [-0.4, -0.2) is 59.9 Å². The molecule has 5 rings (SSSR count). The van der Waals surface area contributed by atoms with Crippen LogP contribution in [0.3, 0.4) is 0 Å². The molecule has 0 saturated carbocycles. The van der Waals surface area contributed by atoms with Crippen molar-refractivity contribution in [1.29, 1.82) is 0 Å². The maximum Gasteiger partial charge on any atom is 0.253 e. The Morgan fingerprint density at radius 2 is 1.94 bits per heavy atom. The van der Waals surface area contributed by atoms with Crippen molar-refractivity contribution in [3.63, 3.8) is 0 Å². The lowest BCUT2D eigenvalue weighted by Gasteiger charge is -2.16. The van der Waals surface area contributed by atoms with Crippen LogP contribution < -0.4 is 5.73 Å². The number of fused-ring (bicyclic) bond motifs is 1. The van der Waals surface area contributed by atoms with Crippen LogP contribution in [0.15, 0.2) is 60.0 Å². The van der Waals surface area contributed by atoms with Gasteiger partial charge in [-0.1, -0.05) is 6.07 Å². The minimum atomic E-state index is -1.22. The average Bonchev–Trinajstić information content (AvgIpc) is 3.42. The summed E-state index contributed by atoms with van der Waals surface area (Å²) in [7, 11) is -1.22. The van der Waals surface area contributed by atoms with E-state index in [2.05, 4.69) is 15.0 Å². The number of rotatable bonds is 4. The Labute approximate surface area is 193 Å². The van der Waals surface area contributed by atoms with Crippen molar-refractivity contribution in [2.75, 3.05) is 19.3 Å².